The number of nitrogens with one attached hydrogen (secondary N) is 1. The minimum Gasteiger partial charge on any atom is -0.494 e. The molecule has 4 nitrogen and oxygen atoms in total. The van der Waals surface area contributed by atoms with Crippen molar-refractivity contribution >= 4 is 53.4 Å². The van der Waals surface area contributed by atoms with Crippen molar-refractivity contribution in [1.82, 2.24) is 9.97 Å². The lowest BCUT2D eigenvalue weighted by Gasteiger charge is -1.98. The van der Waals surface area contributed by atoms with Crippen molar-refractivity contribution < 1.29 is 9.13 Å². The Morgan fingerprint density at radius 2 is 1.59 bits per heavy atom. The summed E-state index contributed by atoms with van der Waals surface area (Å²) < 4.78 is 20.8. The van der Waals surface area contributed by atoms with Gasteiger partial charge in [0.15, 0.2) is 10.3 Å². The summed E-state index contributed by atoms with van der Waals surface area (Å²) in [5.74, 6) is 0.421. The van der Waals surface area contributed by atoms with Crippen LogP contribution in [0.15, 0.2) is 36.4 Å². The van der Waals surface area contributed by atoms with E-state index >= 15 is 0 Å². The van der Waals surface area contributed by atoms with Crippen LogP contribution in [0, 0.1) is 5.82 Å². The fraction of sp³-hybridized carbons (Fsp3) is 0.0667. The first-order valence-electron chi connectivity index (χ1n) is 6.50. The van der Waals surface area contributed by atoms with Gasteiger partial charge in [-0.15, -0.1) is 0 Å². The van der Waals surface area contributed by atoms with E-state index < -0.39 is 0 Å². The average Bonchev–Trinajstić information content (AvgIpc) is 3.10. The molecule has 0 fully saturated rings. The summed E-state index contributed by atoms with van der Waals surface area (Å²) in [6.07, 6.45) is 0. The van der Waals surface area contributed by atoms with Crippen LogP contribution >= 0.6 is 22.7 Å². The minimum absolute atomic E-state index is 0.312. The molecule has 0 radical (unpaired) electrons. The molecule has 0 saturated heterocycles. The molecule has 0 bridgehead atoms. The Morgan fingerprint density at radius 3 is 2.27 bits per heavy atom. The molecule has 0 atom stereocenters. The Bertz CT molecular complexity index is 979. The Hall–Kier alpha value is -2.25. The molecule has 1 N–H and O–H groups in total. The standard InChI is InChI=1S/C15H10FN3OS2/c1-20-9-5-3-7-11-13(9)18-15(22-11)19-14-17-12-8(16)4-2-6-10(12)21-14/h2-7H,1H3,(H,17,18,19). The highest BCUT2D eigenvalue weighted by molar-refractivity contribution is 7.24. The Labute approximate surface area is 133 Å². The highest BCUT2D eigenvalue weighted by Crippen LogP contribution is 2.35. The normalized spacial score (nSPS) is 11.2. The third-order valence-corrected chi connectivity index (χ3v) is 5.06. The van der Waals surface area contributed by atoms with Gasteiger partial charge in [0.1, 0.15) is 22.6 Å². The summed E-state index contributed by atoms with van der Waals surface area (Å²) in [7, 11) is 1.62. The summed E-state index contributed by atoms with van der Waals surface area (Å²) in [5, 5.41) is 4.48. The van der Waals surface area contributed by atoms with E-state index in [0.717, 1.165) is 20.7 Å². The van der Waals surface area contributed by atoms with Crippen LogP contribution in [0.1, 0.15) is 0 Å². The molecule has 2 aromatic heterocycles. The summed E-state index contributed by atoms with van der Waals surface area (Å²) in [4.78, 5) is 8.81. The fourth-order valence-electron chi connectivity index (χ4n) is 2.20. The van der Waals surface area contributed by atoms with E-state index in [-0.39, 0.29) is 5.82 Å². The third-order valence-electron chi connectivity index (χ3n) is 3.19. The number of methoxy groups -OCH3 is 1. The summed E-state index contributed by atoms with van der Waals surface area (Å²) in [6, 6.07) is 10.7. The zero-order valence-electron chi connectivity index (χ0n) is 11.5. The molecule has 110 valence electrons. The molecule has 0 unspecified atom stereocenters. The number of halogens is 1. The molecular weight excluding hydrogens is 321 g/mol. The molecule has 0 saturated carbocycles. The minimum atomic E-state index is -0.312. The third kappa shape index (κ3) is 2.18. The van der Waals surface area contributed by atoms with E-state index in [2.05, 4.69) is 15.3 Å². The highest BCUT2D eigenvalue weighted by Gasteiger charge is 2.12. The molecule has 7 heteroatoms. The maximum Gasteiger partial charge on any atom is 0.190 e. The second-order valence-corrected chi connectivity index (χ2v) is 6.62. The first-order valence-corrected chi connectivity index (χ1v) is 8.13. The molecule has 22 heavy (non-hydrogen) atoms. The largest absolute Gasteiger partial charge is 0.494 e. The SMILES string of the molecule is COc1cccc2sc(Nc3nc4c(F)cccc4s3)nc12. The van der Waals surface area contributed by atoms with E-state index in [1.807, 2.05) is 24.3 Å². The molecule has 0 aliphatic carbocycles. The summed E-state index contributed by atoms with van der Waals surface area (Å²) >= 11 is 2.91. The van der Waals surface area contributed by atoms with Crippen molar-refractivity contribution in [1.29, 1.82) is 0 Å². The fourth-order valence-corrected chi connectivity index (χ4v) is 4.03. The molecule has 0 aliphatic rings. The molecule has 2 aromatic carbocycles. The molecular formula is C15H10FN3OS2. The van der Waals surface area contributed by atoms with Gasteiger partial charge in [0.05, 0.1) is 16.5 Å². The van der Waals surface area contributed by atoms with Gasteiger partial charge in [0.25, 0.3) is 0 Å². The number of hydrogen-bond donors (Lipinski definition) is 1. The molecule has 4 aromatic rings. The van der Waals surface area contributed by atoms with Crippen LogP contribution < -0.4 is 10.1 Å². The van der Waals surface area contributed by atoms with Crippen LogP contribution in [-0.2, 0) is 0 Å². The van der Waals surface area contributed by atoms with Gasteiger partial charge < -0.3 is 10.1 Å². The van der Waals surface area contributed by atoms with Crippen molar-refractivity contribution in [3.63, 3.8) is 0 Å². The van der Waals surface area contributed by atoms with E-state index in [1.54, 1.807) is 13.2 Å². The number of thiazole rings is 2. The second kappa shape index (κ2) is 5.19. The predicted octanol–water partition coefficient (Wildman–Crippen LogP) is 4.80. The molecule has 4 rings (SSSR count). The highest BCUT2D eigenvalue weighted by atomic mass is 32.1. The number of rotatable bonds is 3. The predicted molar refractivity (Wildman–Crippen MR) is 89.0 cm³/mol. The van der Waals surface area contributed by atoms with E-state index in [1.165, 1.54) is 28.7 Å². The Kier molecular flexibility index (Phi) is 3.16. The maximum absolute atomic E-state index is 13.7. The number of ether oxygens (including phenoxy) is 1. The van der Waals surface area contributed by atoms with Crippen molar-refractivity contribution in [2.45, 2.75) is 0 Å². The van der Waals surface area contributed by atoms with Gasteiger partial charge in [-0.3, -0.25) is 0 Å². The van der Waals surface area contributed by atoms with Crippen LogP contribution in [0.3, 0.4) is 0 Å². The topological polar surface area (TPSA) is 47.0 Å². The molecule has 0 spiro atoms. The summed E-state index contributed by atoms with van der Waals surface area (Å²) in [6.45, 7) is 0. The smallest absolute Gasteiger partial charge is 0.190 e. The van der Waals surface area contributed by atoms with Gasteiger partial charge in [-0.1, -0.05) is 34.8 Å². The number of aromatic nitrogens is 2. The van der Waals surface area contributed by atoms with Gasteiger partial charge in [-0.2, -0.15) is 0 Å². The van der Waals surface area contributed by atoms with Gasteiger partial charge in [-0.05, 0) is 24.3 Å². The van der Waals surface area contributed by atoms with Gasteiger partial charge >= 0.3 is 0 Å². The Morgan fingerprint density at radius 1 is 0.955 bits per heavy atom. The van der Waals surface area contributed by atoms with Crippen LogP contribution in [0.5, 0.6) is 5.75 Å². The first kappa shape index (κ1) is 13.4. The number of benzene rings is 2. The molecule has 2 heterocycles. The first-order chi connectivity index (χ1) is 10.7. The van der Waals surface area contributed by atoms with Gasteiger partial charge in [0.2, 0.25) is 0 Å². The van der Waals surface area contributed by atoms with Crippen molar-refractivity contribution in [2.75, 3.05) is 12.4 Å². The van der Waals surface area contributed by atoms with Crippen LogP contribution in [0.4, 0.5) is 14.7 Å². The van der Waals surface area contributed by atoms with Gasteiger partial charge in [-0.25, -0.2) is 14.4 Å². The number of nitrogens with zero attached hydrogens (tertiary/aromatic N) is 2. The van der Waals surface area contributed by atoms with E-state index in [9.17, 15) is 4.39 Å². The number of fused-ring (bicyclic) bond motifs is 2. The van der Waals surface area contributed by atoms with E-state index in [0.29, 0.717) is 15.8 Å². The maximum atomic E-state index is 13.7. The average molecular weight is 331 g/mol. The zero-order valence-corrected chi connectivity index (χ0v) is 13.1. The lowest BCUT2D eigenvalue weighted by Crippen LogP contribution is -1.88. The zero-order chi connectivity index (χ0) is 15.1. The monoisotopic (exact) mass is 331 g/mol. The number of anilines is 2. The quantitative estimate of drug-likeness (QED) is 0.586. The van der Waals surface area contributed by atoms with Crippen molar-refractivity contribution in [2.24, 2.45) is 0 Å². The lowest BCUT2D eigenvalue weighted by molar-refractivity contribution is 0.419. The van der Waals surface area contributed by atoms with Crippen LogP contribution in [0.2, 0.25) is 0 Å². The number of para-hydroxylation sites is 2. The van der Waals surface area contributed by atoms with Crippen molar-refractivity contribution in [3.8, 4) is 5.75 Å². The molecule has 0 amide bonds. The van der Waals surface area contributed by atoms with Crippen LogP contribution in [0.25, 0.3) is 20.4 Å². The lowest BCUT2D eigenvalue weighted by atomic mass is 10.3. The molecule has 0 aliphatic heterocycles. The second-order valence-electron chi connectivity index (χ2n) is 4.56. The van der Waals surface area contributed by atoms with Gasteiger partial charge in [0, 0.05) is 0 Å². The van der Waals surface area contributed by atoms with Crippen molar-refractivity contribution in [3.05, 3.63) is 42.2 Å². The van der Waals surface area contributed by atoms with Crippen LogP contribution in [-0.4, -0.2) is 17.1 Å². The summed E-state index contributed by atoms with van der Waals surface area (Å²) in [5.41, 5.74) is 1.19. The Balaban J connectivity index is 1.74. The number of hydrogen-bond acceptors (Lipinski definition) is 6. The van der Waals surface area contributed by atoms with E-state index in [4.69, 9.17) is 4.74 Å².